The van der Waals surface area contributed by atoms with Crippen LogP contribution in [0.5, 0.6) is 0 Å². The maximum absolute atomic E-state index is 12.1. The van der Waals surface area contributed by atoms with Crippen LogP contribution in [0.15, 0.2) is 60.5 Å². The smallest absolute Gasteiger partial charge is 0.235 e. The van der Waals surface area contributed by atoms with Gasteiger partial charge < -0.3 is 0 Å². The highest BCUT2D eigenvalue weighted by atomic mass is 16.2. The van der Waals surface area contributed by atoms with Crippen LogP contribution in [0, 0.1) is 5.41 Å². The summed E-state index contributed by atoms with van der Waals surface area (Å²) >= 11 is 0. The molecule has 0 radical (unpaired) electrons. The van der Waals surface area contributed by atoms with Gasteiger partial charge in [-0.05, 0) is 29.4 Å². The van der Waals surface area contributed by atoms with Crippen LogP contribution in [-0.4, -0.2) is 10.8 Å². The quantitative estimate of drug-likeness (QED) is 0.741. The molecule has 0 saturated carbocycles. The molecule has 0 bridgehead atoms. The molecule has 0 spiro atoms. The van der Waals surface area contributed by atoms with E-state index < -0.39 is 0 Å². The summed E-state index contributed by atoms with van der Waals surface area (Å²) in [4.78, 5) is 13.7. The predicted molar refractivity (Wildman–Crippen MR) is 79.0 cm³/mol. The minimum atomic E-state index is -0.366. The molecule has 2 nitrogen and oxygen atoms in total. The van der Waals surface area contributed by atoms with Crippen molar-refractivity contribution in [1.82, 2.24) is 4.90 Å². The number of benzene rings is 1. The molecule has 2 heteroatoms. The summed E-state index contributed by atoms with van der Waals surface area (Å²) in [5, 5.41) is 0. The lowest BCUT2D eigenvalue weighted by molar-refractivity contribution is -0.134. The standard InChI is InChI=1S/C17H19NO/c1-17(2,3)16(19)18-11-9-15(10-12-18)13-14-7-5-4-6-8-14/h4-13H,1-3H3. The van der Waals surface area contributed by atoms with Gasteiger partial charge in [-0.15, -0.1) is 0 Å². The highest BCUT2D eigenvalue weighted by molar-refractivity contribution is 5.84. The van der Waals surface area contributed by atoms with Gasteiger partial charge in [0, 0.05) is 17.8 Å². The fraction of sp³-hybridized carbons (Fsp3) is 0.235. The minimum Gasteiger partial charge on any atom is -0.294 e. The van der Waals surface area contributed by atoms with Crippen LogP contribution in [0.2, 0.25) is 0 Å². The first kappa shape index (κ1) is 13.3. The molecule has 1 heterocycles. The lowest BCUT2D eigenvalue weighted by Gasteiger charge is -2.25. The molecule has 0 unspecified atom stereocenters. The van der Waals surface area contributed by atoms with E-state index in [1.807, 2.05) is 63.5 Å². The van der Waals surface area contributed by atoms with E-state index in [-0.39, 0.29) is 11.3 Å². The van der Waals surface area contributed by atoms with Gasteiger partial charge in [-0.3, -0.25) is 9.69 Å². The molecule has 1 amide bonds. The molecule has 0 N–H and O–H groups in total. The van der Waals surface area contributed by atoms with Crippen LogP contribution >= 0.6 is 0 Å². The summed E-state index contributed by atoms with van der Waals surface area (Å²) < 4.78 is 0. The van der Waals surface area contributed by atoms with Crippen LogP contribution in [-0.2, 0) is 4.79 Å². The third-order valence-corrected chi connectivity index (χ3v) is 2.86. The van der Waals surface area contributed by atoms with Gasteiger partial charge in [0.2, 0.25) is 5.91 Å². The van der Waals surface area contributed by atoms with E-state index >= 15 is 0 Å². The second-order valence-electron chi connectivity index (χ2n) is 5.65. The van der Waals surface area contributed by atoms with Gasteiger partial charge in [-0.1, -0.05) is 51.1 Å². The average molecular weight is 253 g/mol. The van der Waals surface area contributed by atoms with Gasteiger partial charge in [-0.25, -0.2) is 0 Å². The topological polar surface area (TPSA) is 20.3 Å². The molecule has 0 aliphatic carbocycles. The Bertz CT molecular complexity index is 528. The Kier molecular flexibility index (Phi) is 3.70. The maximum Gasteiger partial charge on any atom is 0.235 e. The molecular weight excluding hydrogens is 234 g/mol. The number of hydrogen-bond acceptors (Lipinski definition) is 1. The van der Waals surface area contributed by atoms with E-state index in [9.17, 15) is 4.79 Å². The zero-order valence-electron chi connectivity index (χ0n) is 11.6. The Hall–Kier alpha value is -2.09. The summed E-state index contributed by atoms with van der Waals surface area (Å²) in [6.45, 7) is 5.77. The highest BCUT2D eigenvalue weighted by Gasteiger charge is 2.25. The number of rotatable bonds is 1. The van der Waals surface area contributed by atoms with Crippen molar-refractivity contribution in [1.29, 1.82) is 0 Å². The van der Waals surface area contributed by atoms with Gasteiger partial charge in [0.15, 0.2) is 0 Å². The molecular formula is C17H19NO. The van der Waals surface area contributed by atoms with Crippen LogP contribution in [0.1, 0.15) is 26.3 Å². The third-order valence-electron chi connectivity index (χ3n) is 2.86. The fourth-order valence-corrected chi connectivity index (χ4v) is 1.80. The minimum absolute atomic E-state index is 0.0961. The first-order valence-corrected chi connectivity index (χ1v) is 6.43. The summed E-state index contributed by atoms with van der Waals surface area (Å²) in [5.41, 5.74) is 1.88. The Morgan fingerprint density at radius 2 is 1.63 bits per heavy atom. The lowest BCUT2D eigenvalue weighted by Crippen LogP contribution is -2.33. The van der Waals surface area contributed by atoms with Crippen molar-refractivity contribution in [3.05, 3.63) is 66.0 Å². The lowest BCUT2D eigenvalue weighted by atomic mass is 9.94. The van der Waals surface area contributed by atoms with Gasteiger partial charge in [0.05, 0.1) is 0 Å². The van der Waals surface area contributed by atoms with Crippen molar-refractivity contribution in [2.24, 2.45) is 5.41 Å². The number of carbonyl (C=O) groups is 1. The molecule has 1 aromatic carbocycles. The average Bonchev–Trinajstić information content (AvgIpc) is 2.39. The predicted octanol–water partition coefficient (Wildman–Crippen LogP) is 3.99. The zero-order valence-corrected chi connectivity index (χ0v) is 11.6. The second kappa shape index (κ2) is 5.27. The van der Waals surface area contributed by atoms with Crippen molar-refractivity contribution in [3.63, 3.8) is 0 Å². The largest absolute Gasteiger partial charge is 0.294 e. The van der Waals surface area contributed by atoms with Gasteiger partial charge in [0.1, 0.15) is 0 Å². The van der Waals surface area contributed by atoms with E-state index in [0.717, 1.165) is 11.1 Å². The normalized spacial score (nSPS) is 14.7. The molecule has 0 fully saturated rings. The van der Waals surface area contributed by atoms with E-state index in [1.54, 1.807) is 4.90 Å². The van der Waals surface area contributed by atoms with E-state index in [1.165, 1.54) is 0 Å². The van der Waals surface area contributed by atoms with Crippen LogP contribution in [0.25, 0.3) is 6.08 Å². The number of allylic oxidation sites excluding steroid dienone is 3. The zero-order chi connectivity index (χ0) is 13.9. The van der Waals surface area contributed by atoms with Gasteiger partial charge >= 0.3 is 0 Å². The first-order valence-electron chi connectivity index (χ1n) is 6.43. The number of hydrogen-bond donors (Lipinski definition) is 0. The monoisotopic (exact) mass is 253 g/mol. The van der Waals surface area contributed by atoms with Crippen molar-refractivity contribution in [2.75, 3.05) is 0 Å². The molecule has 0 atom stereocenters. The van der Waals surface area contributed by atoms with Crippen molar-refractivity contribution >= 4 is 12.0 Å². The summed E-state index contributed by atoms with van der Waals surface area (Å²) in [6, 6.07) is 10.1. The Labute approximate surface area is 114 Å². The number of amides is 1. The molecule has 1 aliphatic heterocycles. The third kappa shape index (κ3) is 3.44. The molecule has 2 rings (SSSR count). The van der Waals surface area contributed by atoms with Crippen LogP contribution < -0.4 is 0 Å². The summed E-state index contributed by atoms with van der Waals surface area (Å²) in [7, 11) is 0. The molecule has 19 heavy (non-hydrogen) atoms. The molecule has 1 aromatic rings. The van der Waals surface area contributed by atoms with E-state index in [0.29, 0.717) is 0 Å². The van der Waals surface area contributed by atoms with Crippen molar-refractivity contribution < 1.29 is 4.79 Å². The second-order valence-corrected chi connectivity index (χ2v) is 5.65. The number of nitrogens with zero attached hydrogens (tertiary/aromatic N) is 1. The Balaban J connectivity index is 2.12. The van der Waals surface area contributed by atoms with E-state index in [4.69, 9.17) is 0 Å². The maximum atomic E-state index is 12.1. The summed E-state index contributed by atoms with van der Waals surface area (Å²) in [6.07, 6.45) is 9.64. The number of carbonyl (C=O) groups excluding carboxylic acids is 1. The Morgan fingerprint density at radius 3 is 2.16 bits per heavy atom. The van der Waals surface area contributed by atoms with Gasteiger partial charge in [-0.2, -0.15) is 0 Å². The van der Waals surface area contributed by atoms with Gasteiger partial charge in [0.25, 0.3) is 0 Å². The Morgan fingerprint density at radius 1 is 1.05 bits per heavy atom. The summed E-state index contributed by atoms with van der Waals surface area (Å²) in [5.74, 6) is 0.0961. The van der Waals surface area contributed by atoms with Crippen molar-refractivity contribution in [3.8, 4) is 0 Å². The molecule has 0 saturated heterocycles. The van der Waals surface area contributed by atoms with Crippen molar-refractivity contribution in [2.45, 2.75) is 20.8 Å². The molecule has 98 valence electrons. The molecule has 0 aromatic heterocycles. The first-order chi connectivity index (χ1) is 8.97. The van der Waals surface area contributed by atoms with Crippen LogP contribution in [0.4, 0.5) is 0 Å². The highest BCUT2D eigenvalue weighted by Crippen LogP contribution is 2.21. The van der Waals surface area contributed by atoms with E-state index in [2.05, 4.69) is 18.2 Å². The van der Waals surface area contributed by atoms with Crippen LogP contribution in [0.3, 0.4) is 0 Å². The SMILES string of the molecule is CC(C)(C)C(=O)N1C=CC(=Cc2ccccc2)C=C1. The molecule has 1 aliphatic rings. The fourth-order valence-electron chi connectivity index (χ4n) is 1.80.